The van der Waals surface area contributed by atoms with Gasteiger partial charge in [0.1, 0.15) is 6.07 Å². The van der Waals surface area contributed by atoms with Crippen LogP contribution in [-0.4, -0.2) is 9.91 Å². The second-order valence-electron chi connectivity index (χ2n) is 3.93. The quantitative estimate of drug-likeness (QED) is 0.630. The zero-order valence-corrected chi connectivity index (χ0v) is 11.9. The number of hydrogen-bond acceptors (Lipinski definition) is 5. The lowest BCUT2D eigenvalue weighted by Gasteiger charge is -2.08. The van der Waals surface area contributed by atoms with E-state index in [1.165, 1.54) is 24.4 Å². The average Bonchev–Trinajstić information content (AvgIpc) is 2.42. The lowest BCUT2D eigenvalue weighted by atomic mass is 10.2. The molecule has 1 aromatic carbocycles. The maximum atomic E-state index is 11.1. The summed E-state index contributed by atoms with van der Waals surface area (Å²) in [7, 11) is 0. The average molecular weight is 334 g/mol. The van der Waals surface area contributed by atoms with Crippen LogP contribution < -0.4 is 4.74 Å². The molecule has 0 aliphatic heterocycles. The van der Waals surface area contributed by atoms with Gasteiger partial charge < -0.3 is 4.74 Å². The largest absolute Gasteiger partial charge is 0.432 e. The number of rotatable bonds is 3. The molecule has 0 spiro atoms. The summed E-state index contributed by atoms with van der Waals surface area (Å²) in [6.07, 6.45) is 1.34. The Morgan fingerprint density at radius 3 is 2.75 bits per heavy atom. The van der Waals surface area contributed by atoms with Gasteiger partial charge in [-0.2, -0.15) is 5.26 Å². The molecule has 0 N–H and O–H groups in total. The lowest BCUT2D eigenvalue weighted by Crippen LogP contribution is -1.97. The summed E-state index contributed by atoms with van der Waals surface area (Å²) in [5.41, 5.74) is 0.847. The molecule has 20 heavy (non-hydrogen) atoms. The second kappa shape index (κ2) is 5.67. The number of nitro benzene ring substituents is 1. The van der Waals surface area contributed by atoms with Gasteiger partial charge in [-0.25, -0.2) is 4.98 Å². The number of nitro groups is 1. The first kappa shape index (κ1) is 14.0. The van der Waals surface area contributed by atoms with E-state index in [-0.39, 0.29) is 17.3 Å². The zero-order chi connectivity index (χ0) is 14.7. The van der Waals surface area contributed by atoms with Crippen molar-refractivity contribution < 1.29 is 9.66 Å². The molecule has 0 bridgehead atoms. The van der Waals surface area contributed by atoms with Crippen molar-refractivity contribution in [2.45, 2.75) is 6.92 Å². The van der Waals surface area contributed by atoms with Crippen LogP contribution in [-0.2, 0) is 0 Å². The third kappa shape index (κ3) is 2.92. The normalized spacial score (nSPS) is 9.85. The van der Waals surface area contributed by atoms with E-state index in [9.17, 15) is 10.1 Å². The van der Waals surface area contributed by atoms with Crippen LogP contribution in [0.4, 0.5) is 5.69 Å². The Labute approximate surface area is 122 Å². The van der Waals surface area contributed by atoms with Crippen LogP contribution in [0.3, 0.4) is 0 Å². The first-order chi connectivity index (χ1) is 9.51. The maximum Gasteiger partial charge on any atom is 0.313 e. The van der Waals surface area contributed by atoms with Gasteiger partial charge in [-0.05, 0) is 19.1 Å². The van der Waals surface area contributed by atoms with Crippen molar-refractivity contribution in [3.05, 3.63) is 56.2 Å². The van der Waals surface area contributed by atoms with Gasteiger partial charge >= 0.3 is 5.69 Å². The van der Waals surface area contributed by atoms with Crippen LogP contribution in [0.25, 0.3) is 0 Å². The van der Waals surface area contributed by atoms with Crippen molar-refractivity contribution in [2.24, 2.45) is 0 Å². The van der Waals surface area contributed by atoms with Gasteiger partial charge in [-0.1, -0.05) is 15.9 Å². The van der Waals surface area contributed by atoms with Crippen molar-refractivity contribution in [2.75, 3.05) is 0 Å². The lowest BCUT2D eigenvalue weighted by molar-refractivity contribution is -0.385. The van der Waals surface area contributed by atoms with E-state index in [0.717, 1.165) is 0 Å². The molecule has 1 heterocycles. The minimum absolute atomic E-state index is 0.135. The monoisotopic (exact) mass is 333 g/mol. The Kier molecular flexibility index (Phi) is 3.96. The highest BCUT2D eigenvalue weighted by Crippen LogP contribution is 2.36. The molecular formula is C13H8BrN3O3. The van der Waals surface area contributed by atoms with Crippen molar-refractivity contribution in [1.82, 2.24) is 4.98 Å². The van der Waals surface area contributed by atoms with E-state index in [1.807, 2.05) is 6.07 Å². The number of ether oxygens (including phenoxy) is 1. The number of nitrogens with zero attached hydrogens (tertiary/aromatic N) is 3. The summed E-state index contributed by atoms with van der Waals surface area (Å²) in [4.78, 5) is 14.5. The van der Waals surface area contributed by atoms with Crippen LogP contribution in [0, 0.1) is 28.4 Å². The van der Waals surface area contributed by atoms with Gasteiger partial charge in [0.05, 0.1) is 10.5 Å². The molecule has 6 nitrogen and oxygen atoms in total. The summed E-state index contributed by atoms with van der Waals surface area (Å²) in [5, 5.41) is 19.7. The Hall–Kier alpha value is -2.46. The fourth-order valence-corrected chi connectivity index (χ4v) is 2.15. The third-order valence-electron chi connectivity index (χ3n) is 2.49. The number of pyridine rings is 1. The topological polar surface area (TPSA) is 89.0 Å². The molecule has 0 aliphatic carbocycles. The van der Waals surface area contributed by atoms with Gasteiger partial charge in [0, 0.05) is 28.4 Å². The van der Waals surface area contributed by atoms with E-state index in [0.29, 0.717) is 15.6 Å². The minimum Gasteiger partial charge on any atom is -0.432 e. The van der Waals surface area contributed by atoms with Crippen LogP contribution in [0.15, 0.2) is 34.9 Å². The maximum absolute atomic E-state index is 11.1. The number of aromatic nitrogens is 1. The molecule has 0 unspecified atom stereocenters. The first-order valence-electron chi connectivity index (χ1n) is 5.50. The first-order valence-corrected chi connectivity index (χ1v) is 6.29. The molecule has 0 atom stereocenters. The predicted octanol–water partition coefficient (Wildman–Crippen LogP) is 3.72. The highest BCUT2D eigenvalue weighted by atomic mass is 79.9. The molecule has 0 radical (unpaired) electrons. The highest BCUT2D eigenvalue weighted by Gasteiger charge is 2.20. The molecule has 0 amide bonds. The molecule has 2 aromatic rings. The van der Waals surface area contributed by atoms with E-state index in [1.54, 1.807) is 13.0 Å². The fraction of sp³-hybridized carbons (Fsp3) is 0.0769. The van der Waals surface area contributed by atoms with E-state index in [2.05, 4.69) is 20.9 Å². The number of aryl methyl sites for hydroxylation is 1. The Bertz CT molecular complexity index is 708. The molecule has 0 fully saturated rings. The van der Waals surface area contributed by atoms with Gasteiger partial charge in [0.25, 0.3) is 0 Å². The standard InChI is InChI=1S/C13H8BrN3O3/c1-8-4-10(14)5-11(17(18)19)13(8)20-12-3-2-9(6-15)7-16-12/h2-5,7H,1H3. The molecular weight excluding hydrogens is 326 g/mol. The van der Waals surface area contributed by atoms with Gasteiger partial charge in [0.2, 0.25) is 11.6 Å². The molecule has 1 aromatic heterocycles. The predicted molar refractivity (Wildman–Crippen MR) is 74.6 cm³/mol. The summed E-state index contributed by atoms with van der Waals surface area (Å²) < 4.78 is 6.07. The van der Waals surface area contributed by atoms with Crippen LogP contribution in [0.1, 0.15) is 11.1 Å². The Morgan fingerprint density at radius 2 is 2.20 bits per heavy atom. The van der Waals surface area contributed by atoms with E-state index in [4.69, 9.17) is 10.00 Å². The Morgan fingerprint density at radius 1 is 1.45 bits per heavy atom. The summed E-state index contributed by atoms with van der Waals surface area (Å²) in [5.74, 6) is 0.327. The minimum atomic E-state index is -0.517. The van der Waals surface area contributed by atoms with Crippen molar-refractivity contribution in [3.8, 4) is 17.7 Å². The summed E-state index contributed by atoms with van der Waals surface area (Å²) in [6, 6.07) is 8.04. The molecule has 0 aliphatic rings. The number of halogens is 1. The molecule has 100 valence electrons. The molecule has 0 saturated carbocycles. The second-order valence-corrected chi connectivity index (χ2v) is 4.84. The van der Waals surface area contributed by atoms with Gasteiger partial charge in [-0.3, -0.25) is 10.1 Å². The molecule has 2 rings (SSSR count). The zero-order valence-electron chi connectivity index (χ0n) is 10.3. The molecule has 0 saturated heterocycles. The van der Waals surface area contributed by atoms with E-state index >= 15 is 0 Å². The number of benzene rings is 1. The smallest absolute Gasteiger partial charge is 0.313 e. The number of hydrogen-bond donors (Lipinski definition) is 0. The van der Waals surface area contributed by atoms with Crippen LogP contribution in [0.2, 0.25) is 0 Å². The third-order valence-corrected chi connectivity index (χ3v) is 2.95. The fourth-order valence-electron chi connectivity index (χ4n) is 1.59. The van der Waals surface area contributed by atoms with Gasteiger partial charge in [0.15, 0.2) is 0 Å². The molecule has 7 heteroatoms. The SMILES string of the molecule is Cc1cc(Br)cc([N+](=O)[O-])c1Oc1ccc(C#N)cn1. The van der Waals surface area contributed by atoms with Crippen LogP contribution >= 0.6 is 15.9 Å². The number of nitriles is 1. The Balaban J connectivity index is 2.42. The van der Waals surface area contributed by atoms with Gasteiger partial charge in [-0.15, -0.1) is 0 Å². The van der Waals surface area contributed by atoms with Crippen LogP contribution in [0.5, 0.6) is 11.6 Å². The van der Waals surface area contributed by atoms with E-state index < -0.39 is 4.92 Å². The van der Waals surface area contributed by atoms with Crippen molar-refractivity contribution >= 4 is 21.6 Å². The van der Waals surface area contributed by atoms with Crippen molar-refractivity contribution in [3.63, 3.8) is 0 Å². The summed E-state index contributed by atoms with van der Waals surface area (Å²) >= 11 is 3.21. The highest BCUT2D eigenvalue weighted by molar-refractivity contribution is 9.10. The summed E-state index contributed by atoms with van der Waals surface area (Å²) in [6.45, 7) is 1.71. The van der Waals surface area contributed by atoms with Crippen molar-refractivity contribution in [1.29, 1.82) is 5.26 Å².